The van der Waals surface area contributed by atoms with Crippen LogP contribution in [0.1, 0.15) is 51.5 Å². The van der Waals surface area contributed by atoms with Gasteiger partial charge in [0.15, 0.2) is 5.16 Å². The van der Waals surface area contributed by atoms with E-state index in [9.17, 15) is 4.79 Å². The van der Waals surface area contributed by atoms with Crippen LogP contribution in [0, 0.1) is 0 Å². The molecule has 1 aromatic rings. The molecular weight excluding hydrogens is 300 g/mol. The molecule has 0 atom stereocenters. The molecule has 0 spiro atoms. The fourth-order valence-electron chi connectivity index (χ4n) is 2.65. The number of thioether (sulfide) groups is 1. The van der Waals surface area contributed by atoms with Crippen LogP contribution in [-0.2, 0) is 9.53 Å². The smallest absolute Gasteiger partial charge is 0.316 e. The SMILES string of the molecule is CCCCOC(=O)CSc1nnc(N2CCCC2)n1C1CC1. The van der Waals surface area contributed by atoms with Crippen LogP contribution in [0.25, 0.3) is 0 Å². The summed E-state index contributed by atoms with van der Waals surface area (Å²) in [6.45, 7) is 4.73. The van der Waals surface area contributed by atoms with E-state index >= 15 is 0 Å². The van der Waals surface area contributed by atoms with Crippen molar-refractivity contribution in [1.29, 1.82) is 0 Å². The Morgan fingerprint density at radius 2 is 2.09 bits per heavy atom. The number of carbonyl (C=O) groups is 1. The summed E-state index contributed by atoms with van der Waals surface area (Å²) in [4.78, 5) is 14.1. The highest BCUT2D eigenvalue weighted by Crippen LogP contribution is 2.41. The zero-order chi connectivity index (χ0) is 15.4. The van der Waals surface area contributed by atoms with Crippen LogP contribution in [0.3, 0.4) is 0 Å². The van der Waals surface area contributed by atoms with E-state index in [1.54, 1.807) is 0 Å². The predicted octanol–water partition coefficient (Wildman–Crippen LogP) is 2.65. The van der Waals surface area contributed by atoms with E-state index in [1.807, 2.05) is 0 Å². The molecule has 7 heteroatoms. The van der Waals surface area contributed by atoms with Crippen LogP contribution >= 0.6 is 11.8 Å². The van der Waals surface area contributed by atoms with E-state index in [0.29, 0.717) is 18.4 Å². The van der Waals surface area contributed by atoms with Gasteiger partial charge in [-0.05, 0) is 32.1 Å². The highest BCUT2D eigenvalue weighted by molar-refractivity contribution is 7.99. The number of unbranched alkanes of at least 4 members (excludes halogenated alkanes) is 1. The van der Waals surface area contributed by atoms with Crippen LogP contribution < -0.4 is 4.90 Å². The van der Waals surface area contributed by atoms with Crippen LogP contribution in [0.4, 0.5) is 5.95 Å². The molecule has 0 amide bonds. The van der Waals surface area contributed by atoms with Gasteiger partial charge in [0.1, 0.15) is 0 Å². The molecule has 122 valence electrons. The van der Waals surface area contributed by atoms with E-state index < -0.39 is 0 Å². The van der Waals surface area contributed by atoms with E-state index in [-0.39, 0.29) is 5.97 Å². The van der Waals surface area contributed by atoms with Crippen molar-refractivity contribution in [3.63, 3.8) is 0 Å². The molecule has 22 heavy (non-hydrogen) atoms. The van der Waals surface area contributed by atoms with Crippen molar-refractivity contribution < 1.29 is 9.53 Å². The van der Waals surface area contributed by atoms with E-state index in [4.69, 9.17) is 4.74 Å². The first kappa shape index (κ1) is 15.6. The maximum atomic E-state index is 11.7. The highest BCUT2D eigenvalue weighted by Gasteiger charge is 2.32. The first-order valence-corrected chi connectivity index (χ1v) is 9.26. The summed E-state index contributed by atoms with van der Waals surface area (Å²) in [6, 6.07) is 0.518. The van der Waals surface area contributed by atoms with E-state index in [0.717, 1.165) is 37.0 Å². The molecule has 6 nitrogen and oxygen atoms in total. The number of carbonyl (C=O) groups excluding carboxylic acids is 1. The third-order valence-electron chi connectivity index (χ3n) is 4.03. The minimum Gasteiger partial charge on any atom is -0.465 e. The van der Waals surface area contributed by atoms with Crippen molar-refractivity contribution in [2.45, 2.75) is 56.6 Å². The van der Waals surface area contributed by atoms with Gasteiger partial charge in [0, 0.05) is 19.1 Å². The minimum atomic E-state index is -0.161. The number of anilines is 1. The molecule has 2 fully saturated rings. The number of nitrogens with zero attached hydrogens (tertiary/aromatic N) is 4. The zero-order valence-electron chi connectivity index (χ0n) is 13.2. The predicted molar refractivity (Wildman–Crippen MR) is 86.3 cm³/mol. The molecule has 1 saturated carbocycles. The second-order valence-electron chi connectivity index (χ2n) is 5.94. The Bertz CT molecular complexity index is 510. The Morgan fingerprint density at radius 3 is 2.77 bits per heavy atom. The Kier molecular flexibility index (Phi) is 5.23. The van der Waals surface area contributed by atoms with Gasteiger partial charge in [0.05, 0.1) is 12.4 Å². The summed E-state index contributed by atoms with van der Waals surface area (Å²) in [5.74, 6) is 1.14. The summed E-state index contributed by atoms with van der Waals surface area (Å²) in [5, 5.41) is 9.55. The topological polar surface area (TPSA) is 60.2 Å². The molecule has 1 aliphatic heterocycles. The van der Waals surface area contributed by atoms with Crippen molar-refractivity contribution in [3.05, 3.63) is 0 Å². The number of esters is 1. The average Bonchev–Trinajstić information content (AvgIpc) is 3.04. The summed E-state index contributed by atoms with van der Waals surface area (Å²) < 4.78 is 7.43. The lowest BCUT2D eigenvalue weighted by atomic mass is 10.4. The standard InChI is InChI=1S/C15H24N4O2S/c1-2-3-10-21-13(20)11-22-15-17-16-14(18-8-4-5-9-18)19(15)12-6-7-12/h12H,2-11H2,1H3. The van der Waals surface area contributed by atoms with Gasteiger partial charge in [-0.2, -0.15) is 0 Å². The van der Waals surface area contributed by atoms with Crippen LogP contribution in [0.5, 0.6) is 0 Å². The minimum absolute atomic E-state index is 0.161. The van der Waals surface area contributed by atoms with Crippen molar-refractivity contribution in [2.75, 3.05) is 30.3 Å². The molecule has 1 aromatic heterocycles. The van der Waals surface area contributed by atoms with Crippen molar-refractivity contribution in [1.82, 2.24) is 14.8 Å². The Balaban J connectivity index is 1.60. The lowest BCUT2D eigenvalue weighted by Crippen LogP contribution is -2.22. The molecule has 0 aromatic carbocycles. The summed E-state index contributed by atoms with van der Waals surface area (Å²) >= 11 is 1.45. The van der Waals surface area contributed by atoms with Crippen LogP contribution in [0.2, 0.25) is 0 Å². The number of rotatable bonds is 8. The van der Waals surface area contributed by atoms with Gasteiger partial charge in [-0.3, -0.25) is 9.36 Å². The molecule has 0 unspecified atom stereocenters. The van der Waals surface area contributed by atoms with Crippen LogP contribution in [-0.4, -0.2) is 46.2 Å². The number of hydrogen-bond acceptors (Lipinski definition) is 6. The first-order valence-electron chi connectivity index (χ1n) is 8.28. The maximum Gasteiger partial charge on any atom is 0.316 e. The largest absolute Gasteiger partial charge is 0.465 e. The molecule has 2 heterocycles. The van der Waals surface area contributed by atoms with Gasteiger partial charge in [0.25, 0.3) is 0 Å². The summed E-state index contributed by atoms with van der Waals surface area (Å²) in [6.07, 6.45) is 6.79. The van der Waals surface area contributed by atoms with E-state index in [2.05, 4.69) is 26.6 Å². The van der Waals surface area contributed by atoms with Gasteiger partial charge in [-0.25, -0.2) is 0 Å². The fraction of sp³-hybridized carbons (Fsp3) is 0.800. The van der Waals surface area contributed by atoms with Crippen molar-refractivity contribution in [3.8, 4) is 0 Å². The van der Waals surface area contributed by atoms with Crippen molar-refractivity contribution in [2.24, 2.45) is 0 Å². The van der Waals surface area contributed by atoms with Gasteiger partial charge >= 0.3 is 5.97 Å². The monoisotopic (exact) mass is 324 g/mol. The number of aromatic nitrogens is 3. The molecular formula is C15H24N4O2S. The lowest BCUT2D eigenvalue weighted by Gasteiger charge is -2.17. The Morgan fingerprint density at radius 1 is 1.32 bits per heavy atom. The summed E-state index contributed by atoms with van der Waals surface area (Å²) in [5.41, 5.74) is 0. The molecule has 1 aliphatic carbocycles. The number of hydrogen-bond donors (Lipinski definition) is 0. The second-order valence-corrected chi connectivity index (χ2v) is 6.88. The Labute approximate surface area is 135 Å². The summed E-state index contributed by atoms with van der Waals surface area (Å²) in [7, 11) is 0. The zero-order valence-corrected chi connectivity index (χ0v) is 14.0. The lowest BCUT2D eigenvalue weighted by molar-refractivity contribution is -0.140. The molecule has 1 saturated heterocycles. The third-order valence-corrected chi connectivity index (χ3v) is 4.94. The molecule has 0 radical (unpaired) electrons. The molecule has 0 N–H and O–H groups in total. The Hall–Kier alpha value is -1.24. The molecule has 2 aliphatic rings. The molecule has 3 rings (SSSR count). The normalized spacial score (nSPS) is 18.0. The van der Waals surface area contributed by atoms with Gasteiger partial charge in [0.2, 0.25) is 5.95 Å². The first-order chi connectivity index (χ1) is 10.8. The third kappa shape index (κ3) is 3.74. The van der Waals surface area contributed by atoms with Gasteiger partial charge < -0.3 is 9.64 Å². The van der Waals surface area contributed by atoms with E-state index in [1.165, 1.54) is 37.4 Å². The van der Waals surface area contributed by atoms with Gasteiger partial charge in [-0.15, -0.1) is 10.2 Å². The van der Waals surface area contributed by atoms with Crippen molar-refractivity contribution >= 4 is 23.7 Å². The highest BCUT2D eigenvalue weighted by atomic mass is 32.2. The van der Waals surface area contributed by atoms with Crippen LogP contribution in [0.15, 0.2) is 5.16 Å². The fourth-order valence-corrected chi connectivity index (χ4v) is 3.45. The maximum absolute atomic E-state index is 11.7. The quantitative estimate of drug-likeness (QED) is 0.416. The van der Waals surface area contributed by atoms with Gasteiger partial charge in [-0.1, -0.05) is 25.1 Å². The second kappa shape index (κ2) is 7.35. The number of ether oxygens (including phenoxy) is 1. The molecule has 0 bridgehead atoms. The average molecular weight is 324 g/mol.